The predicted molar refractivity (Wildman–Crippen MR) is 107 cm³/mol. The third-order valence-corrected chi connectivity index (χ3v) is 4.68. The van der Waals surface area contributed by atoms with E-state index < -0.39 is 0 Å². The summed E-state index contributed by atoms with van der Waals surface area (Å²) in [6, 6.07) is 5.83. The fraction of sp³-hybridized carbons (Fsp3) is 0.650. The summed E-state index contributed by atoms with van der Waals surface area (Å²) in [5.74, 6) is 2.28. The first kappa shape index (κ1) is 22.6. The Morgan fingerprint density at radius 3 is 2.50 bits per heavy atom. The van der Waals surface area contributed by atoms with Crippen molar-refractivity contribution in [2.45, 2.75) is 52.5 Å². The van der Waals surface area contributed by atoms with Crippen molar-refractivity contribution >= 4 is 18.3 Å². The Morgan fingerprint density at radius 2 is 1.85 bits per heavy atom. The number of carbonyl (C=O) groups excluding carboxylic acids is 1. The lowest BCUT2D eigenvalue weighted by Crippen LogP contribution is -2.30. The van der Waals surface area contributed by atoms with Crippen LogP contribution >= 0.6 is 12.4 Å². The van der Waals surface area contributed by atoms with Crippen LogP contribution in [-0.4, -0.2) is 32.2 Å². The Balaban J connectivity index is 0.00000338. The molecule has 0 bridgehead atoms. The highest BCUT2D eigenvalue weighted by molar-refractivity contribution is 5.85. The molecule has 1 amide bonds. The van der Waals surface area contributed by atoms with Crippen molar-refractivity contribution in [3.8, 4) is 11.5 Å². The van der Waals surface area contributed by atoms with Gasteiger partial charge in [-0.1, -0.05) is 6.07 Å². The molecule has 1 aromatic carbocycles. The van der Waals surface area contributed by atoms with E-state index >= 15 is 0 Å². The maximum Gasteiger partial charge on any atom is 0.220 e. The number of piperidine rings is 1. The van der Waals surface area contributed by atoms with Crippen molar-refractivity contribution in [1.82, 2.24) is 10.6 Å². The second-order valence-corrected chi connectivity index (χ2v) is 6.59. The molecule has 0 radical (unpaired) electrons. The first-order valence-electron chi connectivity index (χ1n) is 9.53. The predicted octanol–water partition coefficient (Wildman–Crippen LogP) is 3.86. The third kappa shape index (κ3) is 7.04. The lowest BCUT2D eigenvalue weighted by Gasteiger charge is -2.22. The molecule has 0 aromatic heterocycles. The van der Waals surface area contributed by atoms with E-state index in [2.05, 4.69) is 10.6 Å². The quantitative estimate of drug-likeness (QED) is 0.678. The summed E-state index contributed by atoms with van der Waals surface area (Å²) in [7, 11) is 0. The second kappa shape index (κ2) is 12.0. The van der Waals surface area contributed by atoms with E-state index in [-0.39, 0.29) is 24.4 Å². The van der Waals surface area contributed by atoms with Crippen LogP contribution < -0.4 is 20.1 Å². The van der Waals surface area contributed by atoms with Crippen LogP contribution in [0.5, 0.6) is 11.5 Å². The zero-order valence-electron chi connectivity index (χ0n) is 16.2. The number of rotatable bonds is 9. The molecule has 1 aliphatic heterocycles. The molecule has 0 spiro atoms. The molecular formula is C20H33ClN2O3. The number of hydrogen-bond acceptors (Lipinski definition) is 4. The minimum Gasteiger partial charge on any atom is -0.490 e. The van der Waals surface area contributed by atoms with Gasteiger partial charge >= 0.3 is 0 Å². The van der Waals surface area contributed by atoms with E-state index in [9.17, 15) is 4.79 Å². The molecule has 148 valence electrons. The van der Waals surface area contributed by atoms with Crippen molar-refractivity contribution in [3.63, 3.8) is 0 Å². The van der Waals surface area contributed by atoms with Gasteiger partial charge in [0.2, 0.25) is 5.91 Å². The SMILES string of the molecule is CCOc1ccc(C(C)NC(=O)CCC2CCNCC2)cc1OCC.Cl. The van der Waals surface area contributed by atoms with Gasteiger partial charge < -0.3 is 20.1 Å². The highest BCUT2D eigenvalue weighted by Crippen LogP contribution is 2.30. The summed E-state index contributed by atoms with van der Waals surface area (Å²) < 4.78 is 11.3. The maximum absolute atomic E-state index is 12.3. The topological polar surface area (TPSA) is 59.6 Å². The van der Waals surface area contributed by atoms with Gasteiger partial charge in [0.05, 0.1) is 19.3 Å². The Labute approximate surface area is 163 Å². The number of halogens is 1. The summed E-state index contributed by atoms with van der Waals surface area (Å²) in [5, 5.41) is 6.47. The average Bonchev–Trinajstić information content (AvgIpc) is 2.62. The average molecular weight is 385 g/mol. The number of nitrogens with one attached hydrogen (secondary N) is 2. The molecule has 1 heterocycles. The molecule has 2 rings (SSSR count). The molecule has 5 nitrogen and oxygen atoms in total. The molecule has 0 saturated carbocycles. The first-order valence-corrected chi connectivity index (χ1v) is 9.53. The van der Waals surface area contributed by atoms with E-state index in [1.807, 2.05) is 39.0 Å². The number of carbonyl (C=O) groups is 1. The fourth-order valence-electron chi connectivity index (χ4n) is 3.24. The van der Waals surface area contributed by atoms with Crippen molar-refractivity contribution in [1.29, 1.82) is 0 Å². The highest BCUT2D eigenvalue weighted by Gasteiger charge is 2.17. The highest BCUT2D eigenvalue weighted by atomic mass is 35.5. The molecule has 1 aliphatic rings. The van der Waals surface area contributed by atoms with Crippen LogP contribution in [0.1, 0.15) is 58.1 Å². The van der Waals surface area contributed by atoms with E-state index in [1.165, 1.54) is 12.8 Å². The lowest BCUT2D eigenvalue weighted by molar-refractivity contribution is -0.122. The number of ether oxygens (including phenoxy) is 2. The van der Waals surface area contributed by atoms with Crippen LogP contribution in [0.25, 0.3) is 0 Å². The molecule has 26 heavy (non-hydrogen) atoms. The minimum absolute atomic E-state index is 0. The lowest BCUT2D eigenvalue weighted by atomic mass is 9.93. The number of benzene rings is 1. The van der Waals surface area contributed by atoms with Crippen molar-refractivity contribution in [2.24, 2.45) is 5.92 Å². The van der Waals surface area contributed by atoms with Gasteiger partial charge in [-0.05, 0) is 76.7 Å². The van der Waals surface area contributed by atoms with E-state index in [0.717, 1.165) is 36.6 Å². The zero-order valence-corrected chi connectivity index (χ0v) is 17.0. The summed E-state index contributed by atoms with van der Waals surface area (Å²) in [6.45, 7) is 9.25. The molecule has 0 aliphatic carbocycles. The summed E-state index contributed by atoms with van der Waals surface area (Å²) in [6.07, 6.45) is 3.94. The van der Waals surface area contributed by atoms with Crippen molar-refractivity contribution in [2.75, 3.05) is 26.3 Å². The van der Waals surface area contributed by atoms with Crippen LogP contribution in [0.15, 0.2) is 18.2 Å². The molecule has 2 N–H and O–H groups in total. The van der Waals surface area contributed by atoms with Gasteiger partial charge in [-0.15, -0.1) is 12.4 Å². The van der Waals surface area contributed by atoms with Gasteiger partial charge in [-0.2, -0.15) is 0 Å². The number of amides is 1. The third-order valence-electron chi connectivity index (χ3n) is 4.68. The summed E-state index contributed by atoms with van der Waals surface area (Å²) in [5.41, 5.74) is 1.03. The van der Waals surface area contributed by atoms with Gasteiger partial charge in [0.15, 0.2) is 11.5 Å². The van der Waals surface area contributed by atoms with Crippen LogP contribution in [0, 0.1) is 5.92 Å². The Bertz CT molecular complexity index is 548. The number of hydrogen-bond donors (Lipinski definition) is 2. The monoisotopic (exact) mass is 384 g/mol. The van der Waals surface area contributed by atoms with E-state index in [0.29, 0.717) is 25.6 Å². The van der Waals surface area contributed by atoms with Gasteiger partial charge in [0.25, 0.3) is 0 Å². The van der Waals surface area contributed by atoms with Gasteiger partial charge in [0, 0.05) is 6.42 Å². The van der Waals surface area contributed by atoms with Crippen molar-refractivity contribution < 1.29 is 14.3 Å². The molecule has 1 fully saturated rings. The molecular weight excluding hydrogens is 352 g/mol. The standard InChI is InChI=1S/C20H32N2O3.ClH/c1-4-24-18-8-7-17(14-19(18)25-5-2)15(3)22-20(23)9-6-16-10-12-21-13-11-16;/h7-8,14-16,21H,4-6,9-13H2,1-3H3,(H,22,23);1H. The largest absolute Gasteiger partial charge is 0.490 e. The van der Waals surface area contributed by atoms with Gasteiger partial charge in [0.1, 0.15) is 0 Å². The molecule has 1 aromatic rings. The van der Waals surface area contributed by atoms with Crippen molar-refractivity contribution in [3.05, 3.63) is 23.8 Å². The molecule has 1 atom stereocenters. The van der Waals surface area contributed by atoms with E-state index in [1.54, 1.807) is 0 Å². The zero-order chi connectivity index (χ0) is 18.1. The first-order chi connectivity index (χ1) is 12.1. The Kier molecular flexibility index (Phi) is 10.4. The van der Waals surface area contributed by atoms with Crippen LogP contribution in [0.4, 0.5) is 0 Å². The van der Waals surface area contributed by atoms with E-state index in [4.69, 9.17) is 9.47 Å². The molecule has 1 saturated heterocycles. The van der Waals surface area contributed by atoms with Gasteiger partial charge in [-0.3, -0.25) is 4.79 Å². The van der Waals surface area contributed by atoms with Crippen LogP contribution in [-0.2, 0) is 4.79 Å². The van der Waals surface area contributed by atoms with Crippen LogP contribution in [0.2, 0.25) is 0 Å². The smallest absolute Gasteiger partial charge is 0.220 e. The minimum atomic E-state index is -0.0459. The second-order valence-electron chi connectivity index (χ2n) is 6.59. The maximum atomic E-state index is 12.3. The summed E-state index contributed by atoms with van der Waals surface area (Å²) >= 11 is 0. The molecule has 1 unspecified atom stereocenters. The Hall–Kier alpha value is -1.46. The molecule has 6 heteroatoms. The normalized spacial score (nSPS) is 15.7. The Morgan fingerprint density at radius 1 is 1.19 bits per heavy atom. The summed E-state index contributed by atoms with van der Waals surface area (Å²) in [4.78, 5) is 12.3. The fourth-order valence-corrected chi connectivity index (χ4v) is 3.24. The van der Waals surface area contributed by atoms with Gasteiger partial charge in [-0.25, -0.2) is 0 Å². The van der Waals surface area contributed by atoms with Crippen LogP contribution in [0.3, 0.4) is 0 Å².